The largest absolute Gasteiger partial charge is 0.371 e. The molecule has 0 atom stereocenters. The van der Waals surface area contributed by atoms with Crippen LogP contribution in [0.2, 0.25) is 0 Å². The number of hydrogen-bond acceptors (Lipinski definition) is 1. The van der Waals surface area contributed by atoms with Gasteiger partial charge in [0.15, 0.2) is 0 Å². The van der Waals surface area contributed by atoms with Crippen LogP contribution in [-0.2, 0) is 4.74 Å². The third kappa shape index (κ3) is 1.11. The van der Waals surface area contributed by atoms with E-state index in [0.717, 1.165) is 0 Å². The SMILES string of the molecule is CC1(C23CCC(CC2)O3)CCCCC1. The standard InChI is InChI=1S/C13H22O/c1-12(7-3-2-4-8-12)13-9-5-11(14-13)6-10-13/h11H,2-10H2,1H3. The molecule has 2 saturated heterocycles. The van der Waals surface area contributed by atoms with E-state index < -0.39 is 0 Å². The van der Waals surface area contributed by atoms with Crippen LogP contribution in [0.4, 0.5) is 0 Å². The summed E-state index contributed by atoms with van der Waals surface area (Å²) in [7, 11) is 0. The zero-order chi connectivity index (χ0) is 9.65. The molecule has 1 aliphatic carbocycles. The third-order valence-corrected chi connectivity index (χ3v) is 5.19. The number of rotatable bonds is 1. The summed E-state index contributed by atoms with van der Waals surface area (Å²) in [6.07, 6.45) is 13.2. The van der Waals surface area contributed by atoms with Crippen molar-refractivity contribution in [2.75, 3.05) is 0 Å². The van der Waals surface area contributed by atoms with Gasteiger partial charge in [-0.1, -0.05) is 26.2 Å². The maximum atomic E-state index is 6.30. The first-order chi connectivity index (χ1) is 6.74. The Labute approximate surface area is 87.2 Å². The molecule has 2 bridgehead atoms. The highest BCUT2D eigenvalue weighted by molar-refractivity contribution is 5.06. The van der Waals surface area contributed by atoms with Gasteiger partial charge in [0.25, 0.3) is 0 Å². The molecule has 0 unspecified atom stereocenters. The monoisotopic (exact) mass is 194 g/mol. The van der Waals surface area contributed by atoms with Crippen molar-refractivity contribution in [2.24, 2.45) is 5.41 Å². The Hall–Kier alpha value is -0.0400. The Balaban J connectivity index is 1.85. The summed E-state index contributed by atoms with van der Waals surface area (Å²) in [6, 6.07) is 0. The second-order valence-corrected chi connectivity index (χ2v) is 5.93. The molecule has 3 rings (SSSR count). The highest BCUT2D eigenvalue weighted by Crippen LogP contribution is 2.58. The van der Waals surface area contributed by atoms with Gasteiger partial charge in [0, 0.05) is 0 Å². The minimum absolute atomic E-state index is 0.318. The van der Waals surface area contributed by atoms with E-state index in [-0.39, 0.29) is 0 Å². The van der Waals surface area contributed by atoms with Gasteiger partial charge in [-0.3, -0.25) is 0 Å². The molecular weight excluding hydrogens is 172 g/mol. The van der Waals surface area contributed by atoms with E-state index in [2.05, 4.69) is 6.92 Å². The molecule has 0 radical (unpaired) electrons. The Bertz CT molecular complexity index is 219. The van der Waals surface area contributed by atoms with Crippen LogP contribution in [0, 0.1) is 5.41 Å². The van der Waals surface area contributed by atoms with Crippen molar-refractivity contribution >= 4 is 0 Å². The molecule has 2 heterocycles. The van der Waals surface area contributed by atoms with Gasteiger partial charge < -0.3 is 4.74 Å². The van der Waals surface area contributed by atoms with Gasteiger partial charge in [-0.05, 0) is 43.9 Å². The predicted molar refractivity (Wildman–Crippen MR) is 57.3 cm³/mol. The fraction of sp³-hybridized carbons (Fsp3) is 1.00. The Morgan fingerprint density at radius 2 is 1.57 bits per heavy atom. The molecular formula is C13H22O. The van der Waals surface area contributed by atoms with Crippen molar-refractivity contribution in [2.45, 2.75) is 76.4 Å². The smallest absolute Gasteiger partial charge is 0.0741 e. The number of ether oxygens (including phenoxy) is 1. The van der Waals surface area contributed by atoms with Crippen molar-refractivity contribution in [3.63, 3.8) is 0 Å². The van der Waals surface area contributed by atoms with E-state index in [9.17, 15) is 0 Å². The third-order valence-electron chi connectivity index (χ3n) is 5.19. The fourth-order valence-electron chi connectivity index (χ4n) is 4.15. The highest BCUT2D eigenvalue weighted by Gasteiger charge is 2.56. The van der Waals surface area contributed by atoms with Gasteiger partial charge in [-0.15, -0.1) is 0 Å². The van der Waals surface area contributed by atoms with Crippen LogP contribution in [0.5, 0.6) is 0 Å². The molecule has 2 aliphatic heterocycles. The summed E-state index contributed by atoms with van der Waals surface area (Å²) in [4.78, 5) is 0. The number of fused-ring (bicyclic) bond motifs is 2. The molecule has 80 valence electrons. The second kappa shape index (κ2) is 2.98. The quantitative estimate of drug-likeness (QED) is 0.619. The van der Waals surface area contributed by atoms with Crippen LogP contribution in [-0.4, -0.2) is 11.7 Å². The van der Waals surface area contributed by atoms with E-state index in [1.807, 2.05) is 0 Å². The predicted octanol–water partition coefficient (Wildman–Crippen LogP) is 3.67. The summed E-state index contributed by atoms with van der Waals surface area (Å²) in [5, 5.41) is 0. The summed E-state index contributed by atoms with van der Waals surface area (Å²) < 4.78 is 6.30. The fourth-order valence-corrected chi connectivity index (χ4v) is 4.15. The van der Waals surface area contributed by atoms with Gasteiger partial charge >= 0.3 is 0 Å². The van der Waals surface area contributed by atoms with E-state index >= 15 is 0 Å². The molecule has 0 aromatic rings. The average Bonchev–Trinajstić information content (AvgIpc) is 2.80. The van der Waals surface area contributed by atoms with E-state index in [1.54, 1.807) is 0 Å². The first kappa shape index (κ1) is 9.21. The topological polar surface area (TPSA) is 9.23 Å². The molecule has 0 aromatic heterocycles. The zero-order valence-corrected chi connectivity index (χ0v) is 9.35. The first-order valence-electron chi connectivity index (χ1n) is 6.42. The van der Waals surface area contributed by atoms with Crippen molar-refractivity contribution in [1.29, 1.82) is 0 Å². The summed E-state index contributed by atoms with van der Waals surface area (Å²) in [5.41, 5.74) is 0.842. The van der Waals surface area contributed by atoms with Crippen molar-refractivity contribution in [3.05, 3.63) is 0 Å². The van der Waals surface area contributed by atoms with Crippen LogP contribution in [0.25, 0.3) is 0 Å². The minimum atomic E-state index is 0.318. The van der Waals surface area contributed by atoms with Gasteiger partial charge in [-0.2, -0.15) is 0 Å². The second-order valence-electron chi connectivity index (χ2n) is 5.93. The van der Waals surface area contributed by atoms with Crippen molar-refractivity contribution in [3.8, 4) is 0 Å². The normalized spacial score (nSPS) is 45.6. The molecule has 3 fully saturated rings. The average molecular weight is 194 g/mol. The van der Waals surface area contributed by atoms with E-state index in [4.69, 9.17) is 4.74 Å². The summed E-state index contributed by atoms with van der Waals surface area (Å²) in [6.45, 7) is 2.50. The lowest BCUT2D eigenvalue weighted by molar-refractivity contribution is -0.0969. The van der Waals surface area contributed by atoms with Crippen LogP contribution in [0.1, 0.15) is 64.7 Å². The van der Waals surface area contributed by atoms with E-state index in [0.29, 0.717) is 17.1 Å². The molecule has 1 nitrogen and oxygen atoms in total. The van der Waals surface area contributed by atoms with Gasteiger partial charge in [0.1, 0.15) is 0 Å². The molecule has 3 aliphatic rings. The van der Waals surface area contributed by atoms with Crippen LogP contribution >= 0.6 is 0 Å². The van der Waals surface area contributed by atoms with Gasteiger partial charge in [0.2, 0.25) is 0 Å². The molecule has 1 heteroatoms. The lowest BCUT2D eigenvalue weighted by Gasteiger charge is -2.46. The Morgan fingerprint density at radius 1 is 0.929 bits per heavy atom. The van der Waals surface area contributed by atoms with Crippen LogP contribution in [0.3, 0.4) is 0 Å². The summed E-state index contributed by atoms with van der Waals surface area (Å²) in [5.74, 6) is 0. The maximum absolute atomic E-state index is 6.30. The summed E-state index contributed by atoms with van der Waals surface area (Å²) >= 11 is 0. The van der Waals surface area contributed by atoms with E-state index in [1.165, 1.54) is 57.8 Å². The molecule has 0 amide bonds. The van der Waals surface area contributed by atoms with Gasteiger partial charge in [-0.25, -0.2) is 0 Å². The lowest BCUT2D eigenvalue weighted by Crippen LogP contribution is -2.45. The van der Waals surface area contributed by atoms with Crippen LogP contribution in [0.15, 0.2) is 0 Å². The molecule has 0 spiro atoms. The van der Waals surface area contributed by atoms with Crippen molar-refractivity contribution < 1.29 is 4.74 Å². The minimum Gasteiger partial charge on any atom is -0.371 e. The van der Waals surface area contributed by atoms with Crippen molar-refractivity contribution in [1.82, 2.24) is 0 Å². The van der Waals surface area contributed by atoms with Gasteiger partial charge in [0.05, 0.1) is 11.7 Å². The Kier molecular flexibility index (Phi) is 1.96. The molecule has 0 N–H and O–H groups in total. The first-order valence-corrected chi connectivity index (χ1v) is 6.42. The maximum Gasteiger partial charge on any atom is 0.0741 e. The Morgan fingerprint density at radius 3 is 2.07 bits per heavy atom. The lowest BCUT2D eigenvalue weighted by atomic mass is 9.61. The molecule has 1 saturated carbocycles. The molecule has 0 aromatic carbocycles. The highest BCUT2D eigenvalue weighted by atomic mass is 16.5. The number of hydrogen-bond donors (Lipinski definition) is 0. The van der Waals surface area contributed by atoms with Crippen LogP contribution < -0.4 is 0 Å². The zero-order valence-electron chi connectivity index (χ0n) is 9.35. The molecule has 14 heavy (non-hydrogen) atoms.